The van der Waals surface area contributed by atoms with Crippen molar-refractivity contribution in [3.63, 3.8) is 0 Å². The molecule has 9 nitrogen and oxygen atoms in total. The van der Waals surface area contributed by atoms with Gasteiger partial charge in [-0.2, -0.15) is 0 Å². The maximum Gasteiger partial charge on any atom is 0.215 e. The predicted octanol–water partition coefficient (Wildman–Crippen LogP) is 4.80. The Balaban J connectivity index is 0.00000189. The molecule has 0 radical (unpaired) electrons. The molecule has 2 atom stereocenters. The summed E-state index contributed by atoms with van der Waals surface area (Å²) in [5.41, 5.74) is 1.80. The molecule has 0 bridgehead atoms. The van der Waals surface area contributed by atoms with Crippen LogP contribution in [0.3, 0.4) is 0 Å². The molecule has 3 heterocycles. The average Bonchev–Trinajstić information content (AvgIpc) is 3.69. The largest absolute Gasteiger partial charge is 0.494 e. The molecule has 1 aromatic heterocycles. The molecule has 0 amide bonds. The minimum Gasteiger partial charge on any atom is -0.494 e. The van der Waals surface area contributed by atoms with E-state index in [0.717, 1.165) is 57.0 Å². The number of nitrogens with zero attached hydrogens (tertiary/aromatic N) is 4. The molecule has 0 spiro atoms. The topological polar surface area (TPSA) is 81.5 Å². The summed E-state index contributed by atoms with van der Waals surface area (Å²) in [5.74, 6) is 0.861. The number of halogens is 2. The molecule has 2 fully saturated rings. The Morgan fingerprint density at radius 3 is 2.61 bits per heavy atom. The van der Waals surface area contributed by atoms with E-state index in [1.54, 1.807) is 31.8 Å². The second kappa shape index (κ2) is 14.6. The number of aliphatic hydroxyl groups excluding tert-OH is 1. The quantitative estimate of drug-likeness (QED) is 0.279. The van der Waals surface area contributed by atoms with Gasteiger partial charge in [0.2, 0.25) is 5.79 Å². The van der Waals surface area contributed by atoms with E-state index in [0.29, 0.717) is 29.8 Å². The van der Waals surface area contributed by atoms with Gasteiger partial charge in [0, 0.05) is 74.8 Å². The molecular formula is C29H40Cl2N4O5S. The first-order chi connectivity index (χ1) is 19.8. The number of methoxy groups -OCH3 is 1. The summed E-state index contributed by atoms with van der Waals surface area (Å²) in [6.07, 6.45) is 9.37. The van der Waals surface area contributed by atoms with Gasteiger partial charge in [0.1, 0.15) is 18.5 Å². The van der Waals surface area contributed by atoms with Crippen LogP contribution in [0.1, 0.15) is 19.4 Å². The summed E-state index contributed by atoms with van der Waals surface area (Å²) in [7, 11) is 2.75. The second-order valence-electron chi connectivity index (χ2n) is 10.4. The Hall–Kier alpha value is -1.76. The average molecular weight is 628 g/mol. The molecule has 0 saturated carbocycles. The first-order valence-electron chi connectivity index (χ1n) is 13.7. The number of imidazole rings is 1. The van der Waals surface area contributed by atoms with Gasteiger partial charge in [0.05, 0.1) is 36.5 Å². The molecule has 2 saturated heterocycles. The number of aliphatic hydroxyl groups is 1. The molecule has 2 aliphatic heterocycles. The Kier molecular flexibility index (Phi) is 11.5. The summed E-state index contributed by atoms with van der Waals surface area (Å²) in [6.45, 7) is 10.4. The highest BCUT2D eigenvalue weighted by atomic mass is 35.5. The van der Waals surface area contributed by atoms with Gasteiger partial charge in [-0.25, -0.2) is 9.29 Å². The number of aromatic nitrogens is 2. The van der Waals surface area contributed by atoms with Gasteiger partial charge < -0.3 is 33.5 Å². The molecule has 1 aliphatic carbocycles. The molecule has 1 N–H and O–H groups in total. The molecule has 41 heavy (non-hydrogen) atoms. The summed E-state index contributed by atoms with van der Waals surface area (Å²) < 4.78 is 28.8. The number of benzene rings is 1. The molecule has 5 rings (SSSR count). The van der Waals surface area contributed by atoms with Crippen molar-refractivity contribution >= 4 is 35.1 Å². The van der Waals surface area contributed by atoms with Crippen molar-refractivity contribution in [2.75, 3.05) is 66.0 Å². The third-order valence-corrected chi connectivity index (χ3v) is 8.99. The van der Waals surface area contributed by atoms with E-state index in [1.165, 1.54) is 5.70 Å². The van der Waals surface area contributed by atoms with E-state index in [9.17, 15) is 0 Å². The van der Waals surface area contributed by atoms with Crippen LogP contribution in [0.2, 0.25) is 10.0 Å². The minimum atomic E-state index is -1.07. The lowest BCUT2D eigenvalue weighted by Gasteiger charge is -2.41. The first-order valence-corrected chi connectivity index (χ1v) is 15.4. The Morgan fingerprint density at radius 1 is 1.15 bits per heavy atom. The maximum atomic E-state index is 7.00. The van der Waals surface area contributed by atoms with Crippen molar-refractivity contribution in [3.05, 3.63) is 76.1 Å². The number of rotatable bonds is 11. The summed E-state index contributed by atoms with van der Waals surface area (Å²) in [4.78, 5) is 6.64. The fourth-order valence-corrected chi connectivity index (χ4v) is 6.77. The standard InChI is InChI=1S/C28H36Cl2N4O4S.CH4O/c1-27(2)25(33-10-12-34(13-11-33)39-15-14-35-3)6-7-26(27)36-17-22-18-37-28(38-22,19-32-9-8-31-20-32)23-5-4-21(29)16-24(23)30;1-2/h4-9,16,20,22H,10-15,17-19H2,1-3H3;2H,1H3/t22?,28-;/m1./s1. The van der Waals surface area contributed by atoms with E-state index in [1.807, 2.05) is 28.8 Å². The summed E-state index contributed by atoms with van der Waals surface area (Å²) >= 11 is 14.6. The van der Waals surface area contributed by atoms with Crippen LogP contribution in [0, 0.1) is 5.41 Å². The van der Waals surface area contributed by atoms with E-state index in [4.69, 9.17) is 47.3 Å². The fourth-order valence-electron chi connectivity index (χ4n) is 5.29. The highest BCUT2D eigenvalue weighted by molar-refractivity contribution is 7.97. The zero-order valence-electron chi connectivity index (χ0n) is 24.1. The smallest absolute Gasteiger partial charge is 0.215 e. The monoisotopic (exact) mass is 626 g/mol. The number of allylic oxidation sites excluding steroid dienone is 2. The lowest BCUT2D eigenvalue weighted by Crippen LogP contribution is -2.45. The molecule has 1 aromatic carbocycles. The van der Waals surface area contributed by atoms with Gasteiger partial charge >= 0.3 is 0 Å². The lowest BCUT2D eigenvalue weighted by atomic mass is 9.89. The highest BCUT2D eigenvalue weighted by Gasteiger charge is 2.46. The summed E-state index contributed by atoms with van der Waals surface area (Å²) in [5, 5.41) is 8.05. The third-order valence-electron chi connectivity index (χ3n) is 7.37. The molecule has 1 unspecified atom stereocenters. The van der Waals surface area contributed by atoms with Crippen molar-refractivity contribution in [2.24, 2.45) is 5.41 Å². The highest BCUT2D eigenvalue weighted by Crippen LogP contribution is 2.44. The summed E-state index contributed by atoms with van der Waals surface area (Å²) in [6, 6.07) is 5.37. The van der Waals surface area contributed by atoms with Crippen LogP contribution in [0.5, 0.6) is 0 Å². The van der Waals surface area contributed by atoms with Crippen LogP contribution in [-0.4, -0.2) is 95.9 Å². The van der Waals surface area contributed by atoms with Gasteiger partial charge in [-0.1, -0.05) is 41.2 Å². The zero-order chi connectivity index (χ0) is 29.5. The van der Waals surface area contributed by atoms with E-state index >= 15 is 0 Å². The van der Waals surface area contributed by atoms with Crippen LogP contribution < -0.4 is 0 Å². The van der Waals surface area contributed by atoms with Crippen LogP contribution in [0.15, 0.2) is 60.5 Å². The fraction of sp³-hybridized carbons (Fsp3) is 0.552. The van der Waals surface area contributed by atoms with E-state index in [2.05, 4.69) is 40.2 Å². The Morgan fingerprint density at radius 2 is 1.93 bits per heavy atom. The van der Waals surface area contributed by atoms with Crippen LogP contribution in [-0.2, 0) is 31.3 Å². The predicted molar refractivity (Wildman–Crippen MR) is 163 cm³/mol. The van der Waals surface area contributed by atoms with Gasteiger partial charge in [-0.15, -0.1) is 0 Å². The van der Waals surface area contributed by atoms with Crippen molar-refractivity contribution < 1.29 is 24.1 Å². The number of piperazine rings is 1. The molecule has 12 heteroatoms. The minimum absolute atomic E-state index is 0.224. The first kappa shape index (κ1) is 32.2. The molecule has 2 aromatic rings. The van der Waals surface area contributed by atoms with Gasteiger partial charge in [0.25, 0.3) is 0 Å². The molecular weight excluding hydrogens is 587 g/mol. The van der Waals surface area contributed by atoms with Crippen LogP contribution in [0.4, 0.5) is 0 Å². The van der Waals surface area contributed by atoms with E-state index in [-0.39, 0.29) is 11.5 Å². The third kappa shape index (κ3) is 7.61. The van der Waals surface area contributed by atoms with E-state index < -0.39 is 5.79 Å². The number of hydrogen-bond donors (Lipinski definition) is 1. The Labute approximate surface area is 257 Å². The zero-order valence-corrected chi connectivity index (χ0v) is 26.4. The second-order valence-corrected chi connectivity index (χ2v) is 12.5. The number of ether oxygens (including phenoxy) is 4. The SMILES string of the molecule is CO.COCCSN1CCN(C2=CC=C(OCC3CO[C@@](Cn4ccnc4)(c4ccc(Cl)cc4Cl)O3)C2(C)C)CC1. The van der Waals surface area contributed by atoms with Crippen LogP contribution >= 0.6 is 35.1 Å². The van der Waals surface area contributed by atoms with Gasteiger partial charge in [-0.05, 0) is 38.1 Å². The van der Waals surface area contributed by atoms with Crippen molar-refractivity contribution in [1.29, 1.82) is 0 Å². The maximum absolute atomic E-state index is 7.00. The van der Waals surface area contributed by atoms with Crippen molar-refractivity contribution in [3.8, 4) is 0 Å². The normalized spacial score (nSPS) is 24.1. The van der Waals surface area contributed by atoms with Crippen molar-refractivity contribution in [1.82, 2.24) is 18.8 Å². The lowest BCUT2D eigenvalue weighted by molar-refractivity contribution is -0.190. The molecule has 3 aliphatic rings. The van der Waals surface area contributed by atoms with Crippen LogP contribution in [0.25, 0.3) is 0 Å². The van der Waals surface area contributed by atoms with Gasteiger partial charge in [-0.3, -0.25) is 0 Å². The number of hydrogen-bond acceptors (Lipinski definition) is 9. The van der Waals surface area contributed by atoms with Gasteiger partial charge in [0.15, 0.2) is 0 Å². The Bertz CT molecular complexity index is 1190. The van der Waals surface area contributed by atoms with Crippen molar-refractivity contribution in [2.45, 2.75) is 32.3 Å². The molecule has 226 valence electrons.